The van der Waals surface area contributed by atoms with Gasteiger partial charge in [0.15, 0.2) is 0 Å². The molecule has 3 amide bonds. The SMILES string of the molecule is C#C.C#C.C1CCOCC1.CC(=O)NC(C(=O)N(Cc1nc(-c2ccc(-c3ccc(-c4nc(CN(C)[C@H](C)C(C)C)[nH]c4Cl)cc3)cc2)c(Cl)[nH]1)C(C)C(C)C)C1CC1.COC(=O)NCC=O. The number of hydrogen-bond donors (Lipinski definition) is 4. The highest BCUT2D eigenvalue weighted by Crippen LogP contribution is 2.35. The highest BCUT2D eigenvalue weighted by Gasteiger charge is 2.40. The topological polar surface area (TPSA) is 175 Å². The van der Waals surface area contributed by atoms with E-state index in [1.807, 2.05) is 48.2 Å². The first kappa shape index (κ1) is 57.5. The molecule has 2 unspecified atom stereocenters. The average molecular weight is 962 g/mol. The number of alkyl carbamates (subject to hydrolysis) is 1. The highest BCUT2D eigenvalue weighted by molar-refractivity contribution is 6.32. The number of amides is 3. The Balaban J connectivity index is 0.000000724. The van der Waals surface area contributed by atoms with Gasteiger partial charge >= 0.3 is 6.09 Å². The lowest BCUT2D eigenvalue weighted by atomic mass is 10.0. The van der Waals surface area contributed by atoms with Gasteiger partial charge in [0.25, 0.3) is 0 Å². The average Bonchev–Trinajstić information content (AvgIpc) is 4.03. The fourth-order valence-electron chi connectivity index (χ4n) is 6.89. The van der Waals surface area contributed by atoms with Crippen LogP contribution in [0.2, 0.25) is 10.3 Å². The van der Waals surface area contributed by atoms with Gasteiger partial charge in [-0.15, -0.1) is 25.7 Å². The van der Waals surface area contributed by atoms with Crippen molar-refractivity contribution in [3.8, 4) is 59.3 Å². The molecule has 16 heteroatoms. The maximum absolute atomic E-state index is 13.8. The Morgan fingerprint density at radius 2 is 1.22 bits per heavy atom. The minimum Gasteiger partial charge on any atom is -0.453 e. The van der Waals surface area contributed by atoms with Crippen LogP contribution in [0.5, 0.6) is 0 Å². The van der Waals surface area contributed by atoms with Crippen molar-refractivity contribution < 1.29 is 28.7 Å². The number of H-pyrrole nitrogens is 2. The third-order valence-corrected chi connectivity index (χ3v) is 12.0. The summed E-state index contributed by atoms with van der Waals surface area (Å²) in [4.78, 5) is 65.5. The molecule has 6 rings (SSSR count). The number of methoxy groups -OCH3 is 1. The van der Waals surface area contributed by atoms with E-state index in [1.54, 1.807) is 0 Å². The minimum atomic E-state index is -0.586. The number of carbonyl (C=O) groups is 4. The van der Waals surface area contributed by atoms with Crippen LogP contribution in [0.25, 0.3) is 33.6 Å². The predicted octanol–water partition coefficient (Wildman–Crippen LogP) is 9.43. The summed E-state index contributed by atoms with van der Waals surface area (Å²) in [5, 5.41) is 5.99. The smallest absolute Gasteiger partial charge is 0.407 e. The van der Waals surface area contributed by atoms with E-state index < -0.39 is 12.1 Å². The van der Waals surface area contributed by atoms with Crippen LogP contribution in [0.15, 0.2) is 48.5 Å². The van der Waals surface area contributed by atoms with Gasteiger partial charge in [0.05, 0.1) is 26.7 Å². The molecular formula is C51H70Cl2N8O6. The van der Waals surface area contributed by atoms with Crippen LogP contribution in [0.4, 0.5) is 4.79 Å². The van der Waals surface area contributed by atoms with E-state index >= 15 is 0 Å². The van der Waals surface area contributed by atoms with Crippen molar-refractivity contribution >= 4 is 47.4 Å². The largest absolute Gasteiger partial charge is 0.453 e. The Morgan fingerprint density at radius 1 is 0.776 bits per heavy atom. The van der Waals surface area contributed by atoms with E-state index in [9.17, 15) is 19.2 Å². The fourth-order valence-corrected chi connectivity index (χ4v) is 7.42. The molecule has 364 valence electrons. The molecule has 2 aromatic heterocycles. The molecule has 1 aliphatic carbocycles. The van der Waals surface area contributed by atoms with E-state index in [0.29, 0.717) is 46.6 Å². The molecule has 14 nitrogen and oxygen atoms in total. The monoisotopic (exact) mass is 960 g/mol. The summed E-state index contributed by atoms with van der Waals surface area (Å²) >= 11 is 13.3. The normalized spacial score (nSPS) is 14.2. The molecule has 3 atom stereocenters. The minimum absolute atomic E-state index is 0.00662. The van der Waals surface area contributed by atoms with Gasteiger partial charge in [0, 0.05) is 43.3 Å². The lowest BCUT2D eigenvalue weighted by Crippen LogP contribution is -2.52. The molecule has 0 spiro atoms. The summed E-state index contributed by atoms with van der Waals surface area (Å²) in [6.45, 7) is 17.3. The van der Waals surface area contributed by atoms with E-state index in [4.69, 9.17) is 37.9 Å². The number of aldehydes is 1. The second kappa shape index (κ2) is 29.9. The number of aromatic nitrogens is 4. The van der Waals surface area contributed by atoms with Crippen LogP contribution in [0, 0.1) is 43.4 Å². The predicted molar refractivity (Wildman–Crippen MR) is 269 cm³/mol. The van der Waals surface area contributed by atoms with Crippen molar-refractivity contribution in [1.29, 1.82) is 0 Å². The lowest BCUT2D eigenvalue weighted by Gasteiger charge is -2.34. The zero-order valence-electron chi connectivity index (χ0n) is 40.5. The van der Waals surface area contributed by atoms with Crippen LogP contribution in [-0.4, -0.2) is 106 Å². The number of nitrogens with one attached hydrogen (secondary N) is 4. The van der Waals surface area contributed by atoms with Crippen LogP contribution in [-0.2, 0) is 36.9 Å². The molecule has 1 aliphatic heterocycles. The van der Waals surface area contributed by atoms with Gasteiger partial charge in [-0.05, 0) is 81.9 Å². The molecule has 0 radical (unpaired) electrons. The van der Waals surface area contributed by atoms with Crippen LogP contribution >= 0.6 is 23.2 Å². The van der Waals surface area contributed by atoms with Crippen LogP contribution < -0.4 is 10.6 Å². The fraction of sp³-hybridized carbons (Fsp3) is 0.490. The van der Waals surface area contributed by atoms with Crippen LogP contribution in [0.1, 0.15) is 92.2 Å². The zero-order valence-corrected chi connectivity index (χ0v) is 42.0. The lowest BCUT2D eigenvalue weighted by molar-refractivity contribution is -0.140. The number of rotatable bonds is 16. The first-order valence-electron chi connectivity index (χ1n) is 22.5. The Hall–Kier alpha value is -5.64. The van der Waals surface area contributed by atoms with Gasteiger partial charge in [-0.2, -0.15) is 0 Å². The number of terminal acetylenes is 2. The van der Waals surface area contributed by atoms with Crippen LogP contribution in [0.3, 0.4) is 0 Å². The summed E-state index contributed by atoms with van der Waals surface area (Å²) in [6.07, 6.45) is 21.8. The van der Waals surface area contributed by atoms with Gasteiger partial charge in [0.2, 0.25) is 11.8 Å². The number of imidazole rings is 2. The van der Waals surface area contributed by atoms with Crippen molar-refractivity contribution in [2.45, 2.75) is 112 Å². The molecule has 1 saturated heterocycles. The van der Waals surface area contributed by atoms with Crippen molar-refractivity contribution in [2.24, 2.45) is 17.8 Å². The molecule has 1 saturated carbocycles. The molecule has 2 aromatic carbocycles. The number of aromatic amines is 2. The van der Waals surface area contributed by atoms with Gasteiger partial charge in [-0.3, -0.25) is 14.5 Å². The quantitative estimate of drug-likeness (QED) is 0.0630. The van der Waals surface area contributed by atoms with E-state index in [-0.39, 0.29) is 42.8 Å². The third kappa shape index (κ3) is 18.5. The number of benzene rings is 2. The molecule has 0 bridgehead atoms. The second-order valence-electron chi connectivity index (χ2n) is 16.9. The molecule has 2 fully saturated rings. The number of carbonyl (C=O) groups excluding carboxylic acids is 4. The molecule has 4 N–H and O–H groups in total. The Bertz CT molecular complexity index is 2140. The Morgan fingerprint density at radius 3 is 1.58 bits per heavy atom. The van der Waals surface area contributed by atoms with E-state index in [1.165, 1.54) is 33.3 Å². The number of ether oxygens (including phenoxy) is 2. The third-order valence-electron chi connectivity index (χ3n) is 11.5. The molecule has 2 aliphatic rings. The maximum atomic E-state index is 13.8. The Kier molecular flexibility index (Phi) is 25.6. The molecule has 3 heterocycles. The highest BCUT2D eigenvalue weighted by atomic mass is 35.5. The summed E-state index contributed by atoms with van der Waals surface area (Å²) in [6, 6.07) is 16.1. The van der Waals surface area contributed by atoms with Crippen molar-refractivity contribution in [3.05, 3.63) is 70.5 Å². The Labute approximate surface area is 408 Å². The van der Waals surface area contributed by atoms with Crippen molar-refractivity contribution in [3.63, 3.8) is 0 Å². The number of hydrogen-bond acceptors (Lipinski definition) is 9. The van der Waals surface area contributed by atoms with Crippen molar-refractivity contribution in [2.75, 3.05) is 33.9 Å². The summed E-state index contributed by atoms with van der Waals surface area (Å²) in [5.41, 5.74) is 5.29. The molecule has 67 heavy (non-hydrogen) atoms. The van der Waals surface area contributed by atoms with Gasteiger partial charge in [-0.25, -0.2) is 14.8 Å². The molecular weight excluding hydrogens is 892 g/mol. The van der Waals surface area contributed by atoms with Crippen molar-refractivity contribution in [1.82, 2.24) is 40.4 Å². The first-order chi connectivity index (χ1) is 32.0. The van der Waals surface area contributed by atoms with E-state index in [2.05, 4.69) is 110 Å². The van der Waals surface area contributed by atoms with E-state index in [0.717, 1.165) is 59.8 Å². The summed E-state index contributed by atoms with van der Waals surface area (Å²) in [7, 11) is 3.34. The zero-order chi connectivity index (χ0) is 50.2. The maximum Gasteiger partial charge on any atom is 0.407 e. The summed E-state index contributed by atoms with van der Waals surface area (Å²) < 4.78 is 9.21. The number of halogens is 2. The first-order valence-corrected chi connectivity index (χ1v) is 23.3. The summed E-state index contributed by atoms with van der Waals surface area (Å²) in [5.74, 6) is 2.09. The van der Waals surface area contributed by atoms with Gasteiger partial charge in [0.1, 0.15) is 45.7 Å². The standard InChI is InChI=1S/C38H49Cl2N7O2.C5H10O.C4H7NO3.2C2H2/c1-21(2)23(5)46(8)19-31-42-33(36(39)44-31)28-13-9-26(10-14-28)27-11-15-29(16-12-27)34-37(40)45-32(43-34)20-47(24(6)22(3)4)38(49)35(30-17-18-30)41-25(7)48;1-2-4-6-5-3-1;1-8-4(7)5-2-3-6;2*1-2/h9-16,21-24,30,35H,17-20H2,1-8H3,(H,41,48)(H,42,44)(H,43,45);1-5H2;3H,2H2,1H3,(H,5,7);2*1-2H/t23-,24?,35?;;;;/m1..../s1. The number of nitrogens with zero attached hydrogens (tertiary/aromatic N) is 4. The second-order valence-corrected chi connectivity index (χ2v) is 17.7. The van der Waals surface area contributed by atoms with Gasteiger partial charge < -0.3 is 39.8 Å². The molecule has 4 aromatic rings. The van der Waals surface area contributed by atoms with Gasteiger partial charge in [-0.1, -0.05) is 99.4 Å².